The Bertz CT molecular complexity index is 734. The normalized spacial score (nSPS) is 10.4. The summed E-state index contributed by atoms with van der Waals surface area (Å²) in [6.45, 7) is 0. The lowest BCUT2D eigenvalue weighted by Crippen LogP contribution is -1.97. The van der Waals surface area contributed by atoms with Crippen LogP contribution in [0, 0.1) is 5.82 Å². The number of ether oxygens (including phenoxy) is 1. The van der Waals surface area contributed by atoms with Crippen LogP contribution >= 0.6 is 27.3 Å². The Balaban J connectivity index is 1.89. The number of nitrogens with zero attached hydrogens (tertiary/aromatic N) is 2. The van der Waals surface area contributed by atoms with Crippen molar-refractivity contribution < 1.29 is 9.13 Å². The topological polar surface area (TPSA) is 47.0 Å². The number of anilines is 2. The van der Waals surface area contributed by atoms with E-state index in [0.29, 0.717) is 22.4 Å². The Kier molecular flexibility index (Phi) is 4.12. The van der Waals surface area contributed by atoms with Crippen molar-refractivity contribution in [2.75, 3.05) is 5.32 Å². The minimum atomic E-state index is -0.309. The van der Waals surface area contributed by atoms with E-state index < -0.39 is 0 Å². The molecule has 3 aromatic rings. The molecule has 0 spiro atoms. The fourth-order valence-corrected chi connectivity index (χ4v) is 2.45. The van der Waals surface area contributed by atoms with Gasteiger partial charge >= 0.3 is 0 Å². The van der Waals surface area contributed by atoms with E-state index in [1.807, 2.05) is 5.38 Å². The zero-order valence-electron chi connectivity index (χ0n) is 10.6. The van der Waals surface area contributed by atoms with Crippen molar-refractivity contribution in [3.8, 4) is 11.5 Å². The summed E-state index contributed by atoms with van der Waals surface area (Å²) in [6, 6.07) is 7.59. The number of aromatic nitrogens is 2. The second-order valence-electron chi connectivity index (χ2n) is 4.02. The van der Waals surface area contributed by atoms with Gasteiger partial charge in [-0.1, -0.05) is 0 Å². The number of hydrogen-bond donors (Lipinski definition) is 1. The molecule has 0 fully saturated rings. The van der Waals surface area contributed by atoms with Crippen LogP contribution in [0.2, 0.25) is 0 Å². The predicted octanol–water partition coefficient (Wildman–Crippen LogP) is 4.98. The molecule has 2 heterocycles. The second-order valence-corrected chi connectivity index (χ2v) is 5.83. The molecule has 0 amide bonds. The third-order valence-corrected chi connectivity index (χ3v) is 3.64. The molecule has 106 valence electrons. The van der Waals surface area contributed by atoms with Crippen molar-refractivity contribution in [1.29, 1.82) is 0 Å². The van der Waals surface area contributed by atoms with Gasteiger partial charge in [0, 0.05) is 28.3 Å². The van der Waals surface area contributed by atoms with Crippen LogP contribution in [0.3, 0.4) is 0 Å². The summed E-state index contributed by atoms with van der Waals surface area (Å²) in [5, 5.41) is 5.67. The molecule has 3 rings (SSSR count). The Morgan fingerprint density at radius 1 is 1.19 bits per heavy atom. The Morgan fingerprint density at radius 3 is 2.71 bits per heavy atom. The maximum absolute atomic E-state index is 12.9. The van der Waals surface area contributed by atoms with E-state index in [4.69, 9.17) is 4.74 Å². The molecule has 0 aliphatic carbocycles. The molecule has 0 bridgehead atoms. The lowest BCUT2D eigenvalue weighted by atomic mass is 10.3. The molecule has 21 heavy (non-hydrogen) atoms. The third kappa shape index (κ3) is 3.56. The average molecular weight is 366 g/mol. The number of halogens is 2. The second kappa shape index (κ2) is 6.19. The van der Waals surface area contributed by atoms with Gasteiger partial charge in [-0.2, -0.15) is 0 Å². The molecule has 1 aromatic carbocycles. The monoisotopic (exact) mass is 365 g/mol. The van der Waals surface area contributed by atoms with Gasteiger partial charge in [0.05, 0.1) is 0 Å². The first-order valence-corrected chi connectivity index (χ1v) is 7.63. The summed E-state index contributed by atoms with van der Waals surface area (Å²) in [5.41, 5.74) is 0. The van der Waals surface area contributed by atoms with Gasteiger partial charge < -0.3 is 10.1 Å². The maximum Gasteiger partial charge on any atom is 0.188 e. The van der Waals surface area contributed by atoms with Crippen LogP contribution in [-0.2, 0) is 0 Å². The predicted molar refractivity (Wildman–Crippen MR) is 83.8 cm³/mol. The average Bonchev–Trinajstić information content (AvgIpc) is 2.97. The fourth-order valence-electron chi connectivity index (χ4n) is 1.61. The van der Waals surface area contributed by atoms with Crippen molar-refractivity contribution >= 4 is 38.2 Å². The first kappa shape index (κ1) is 14.0. The molecule has 0 aliphatic rings. The Labute approximate surface area is 132 Å². The molecule has 0 radical (unpaired) electrons. The lowest BCUT2D eigenvalue weighted by Gasteiger charge is -2.11. The number of hydrogen-bond acceptors (Lipinski definition) is 5. The summed E-state index contributed by atoms with van der Waals surface area (Å²) >= 11 is 4.82. The molecule has 7 heteroatoms. The first-order chi connectivity index (χ1) is 10.2. The quantitative estimate of drug-likeness (QED) is 0.708. The molecule has 0 atom stereocenters. The van der Waals surface area contributed by atoms with Crippen LogP contribution < -0.4 is 10.1 Å². The Morgan fingerprint density at radius 2 is 2.00 bits per heavy atom. The van der Waals surface area contributed by atoms with Crippen molar-refractivity contribution in [2.24, 2.45) is 0 Å². The summed E-state index contributed by atoms with van der Waals surface area (Å²) < 4.78 is 19.5. The minimum absolute atomic E-state index is 0.309. The number of benzene rings is 1. The zero-order valence-corrected chi connectivity index (χ0v) is 13.0. The molecule has 1 N–H and O–H groups in total. The standard InChI is InChI=1S/C14H9BrFN3OS/c15-9-7-12(20-11-3-1-10(16)2-4-11)13(18-8-9)19-14-17-5-6-21-14/h1-8H,(H,17,18,19). The highest BCUT2D eigenvalue weighted by atomic mass is 79.9. The van der Waals surface area contributed by atoms with Crippen molar-refractivity contribution in [2.45, 2.75) is 0 Å². The van der Waals surface area contributed by atoms with E-state index in [9.17, 15) is 4.39 Å². The first-order valence-electron chi connectivity index (χ1n) is 5.96. The molecule has 0 unspecified atom stereocenters. The summed E-state index contributed by atoms with van der Waals surface area (Å²) in [6.07, 6.45) is 3.36. The van der Waals surface area contributed by atoms with E-state index in [2.05, 4.69) is 31.2 Å². The van der Waals surface area contributed by atoms with Crippen LogP contribution in [0.5, 0.6) is 11.5 Å². The fraction of sp³-hybridized carbons (Fsp3) is 0. The summed E-state index contributed by atoms with van der Waals surface area (Å²) in [5.74, 6) is 1.28. The SMILES string of the molecule is Fc1ccc(Oc2cc(Br)cnc2Nc2nccs2)cc1. The highest BCUT2D eigenvalue weighted by molar-refractivity contribution is 9.10. The van der Waals surface area contributed by atoms with E-state index in [-0.39, 0.29) is 5.82 Å². The van der Waals surface area contributed by atoms with Gasteiger partial charge in [0.15, 0.2) is 16.7 Å². The smallest absolute Gasteiger partial charge is 0.188 e. The van der Waals surface area contributed by atoms with E-state index >= 15 is 0 Å². The third-order valence-electron chi connectivity index (χ3n) is 2.52. The number of thiazole rings is 1. The molecular weight excluding hydrogens is 357 g/mol. The largest absolute Gasteiger partial charge is 0.453 e. The molecule has 0 saturated carbocycles. The molecule has 0 aliphatic heterocycles. The molecule has 4 nitrogen and oxygen atoms in total. The van der Waals surface area contributed by atoms with Crippen LogP contribution in [0.4, 0.5) is 15.3 Å². The van der Waals surface area contributed by atoms with E-state index in [1.165, 1.54) is 23.5 Å². The van der Waals surface area contributed by atoms with Crippen molar-refractivity contribution in [3.05, 3.63) is 58.4 Å². The van der Waals surface area contributed by atoms with Gasteiger partial charge in [-0.15, -0.1) is 11.3 Å². The molecule has 0 saturated heterocycles. The van der Waals surface area contributed by atoms with Gasteiger partial charge in [-0.3, -0.25) is 0 Å². The van der Waals surface area contributed by atoms with Gasteiger partial charge in [0.2, 0.25) is 0 Å². The number of pyridine rings is 1. The highest BCUT2D eigenvalue weighted by Gasteiger charge is 2.09. The number of rotatable bonds is 4. The van der Waals surface area contributed by atoms with Gasteiger partial charge in [0.25, 0.3) is 0 Å². The maximum atomic E-state index is 12.9. The lowest BCUT2D eigenvalue weighted by molar-refractivity contribution is 0.480. The van der Waals surface area contributed by atoms with E-state index in [1.54, 1.807) is 30.6 Å². The highest BCUT2D eigenvalue weighted by Crippen LogP contribution is 2.32. The molecule has 2 aromatic heterocycles. The van der Waals surface area contributed by atoms with Crippen LogP contribution in [0.25, 0.3) is 0 Å². The Hall–Kier alpha value is -1.99. The zero-order chi connectivity index (χ0) is 14.7. The molecular formula is C14H9BrFN3OS. The minimum Gasteiger partial charge on any atom is -0.453 e. The van der Waals surface area contributed by atoms with Crippen molar-refractivity contribution in [3.63, 3.8) is 0 Å². The number of nitrogens with one attached hydrogen (secondary N) is 1. The van der Waals surface area contributed by atoms with Gasteiger partial charge in [0.1, 0.15) is 11.6 Å². The summed E-state index contributed by atoms with van der Waals surface area (Å²) in [7, 11) is 0. The van der Waals surface area contributed by atoms with E-state index in [0.717, 1.165) is 4.47 Å². The summed E-state index contributed by atoms with van der Waals surface area (Å²) in [4.78, 5) is 8.42. The van der Waals surface area contributed by atoms with Crippen LogP contribution in [0.1, 0.15) is 0 Å². The van der Waals surface area contributed by atoms with Crippen LogP contribution in [-0.4, -0.2) is 9.97 Å². The van der Waals surface area contributed by atoms with Crippen molar-refractivity contribution in [1.82, 2.24) is 9.97 Å². The van der Waals surface area contributed by atoms with Gasteiger partial charge in [-0.05, 0) is 40.2 Å². The van der Waals surface area contributed by atoms with Gasteiger partial charge in [-0.25, -0.2) is 14.4 Å². The van der Waals surface area contributed by atoms with Crippen LogP contribution in [0.15, 0.2) is 52.6 Å².